The maximum atomic E-state index is 13.2. The lowest BCUT2D eigenvalue weighted by Crippen LogP contribution is -2.37. The summed E-state index contributed by atoms with van der Waals surface area (Å²) in [6.07, 6.45) is 0.832. The molecule has 132 valence electrons. The molecule has 0 heterocycles. The molecule has 4 nitrogen and oxygen atoms in total. The highest BCUT2D eigenvalue weighted by Gasteiger charge is 2.31. The van der Waals surface area contributed by atoms with E-state index in [1.54, 1.807) is 60.7 Å². The van der Waals surface area contributed by atoms with Gasteiger partial charge < -0.3 is 0 Å². The van der Waals surface area contributed by atoms with E-state index in [0.29, 0.717) is 11.3 Å². The van der Waals surface area contributed by atoms with Gasteiger partial charge in [-0.15, -0.1) is 0 Å². The predicted molar refractivity (Wildman–Crippen MR) is 103 cm³/mol. The van der Waals surface area contributed by atoms with E-state index in [9.17, 15) is 13.2 Å². The number of carbonyl (C=O) groups is 1. The SMILES string of the molecule is CCc1ccc(N(C(=O)c2ccccc2)S(=O)(=O)c2ccccc2)cc1. The summed E-state index contributed by atoms with van der Waals surface area (Å²) in [7, 11) is -4.04. The predicted octanol–water partition coefficient (Wildman–Crippen LogP) is 4.28. The number of aryl methyl sites for hydroxylation is 1. The van der Waals surface area contributed by atoms with Crippen LogP contribution in [0.1, 0.15) is 22.8 Å². The van der Waals surface area contributed by atoms with Gasteiger partial charge in [-0.3, -0.25) is 4.79 Å². The van der Waals surface area contributed by atoms with Gasteiger partial charge in [0.1, 0.15) is 0 Å². The quantitative estimate of drug-likeness (QED) is 0.678. The summed E-state index contributed by atoms with van der Waals surface area (Å²) in [6.45, 7) is 2.02. The van der Waals surface area contributed by atoms with E-state index in [0.717, 1.165) is 16.3 Å². The summed E-state index contributed by atoms with van der Waals surface area (Å²) in [5.41, 5.74) is 1.70. The Morgan fingerprint density at radius 1 is 0.808 bits per heavy atom. The highest BCUT2D eigenvalue weighted by molar-refractivity contribution is 7.93. The molecule has 0 fully saturated rings. The number of benzene rings is 3. The second-order valence-electron chi connectivity index (χ2n) is 5.77. The van der Waals surface area contributed by atoms with Crippen LogP contribution >= 0.6 is 0 Å². The third-order valence-electron chi connectivity index (χ3n) is 4.07. The fourth-order valence-electron chi connectivity index (χ4n) is 2.63. The molecule has 0 bridgehead atoms. The zero-order valence-electron chi connectivity index (χ0n) is 14.4. The van der Waals surface area contributed by atoms with E-state index in [4.69, 9.17) is 0 Å². The number of sulfonamides is 1. The highest BCUT2D eigenvalue weighted by Crippen LogP contribution is 2.26. The Morgan fingerprint density at radius 2 is 1.35 bits per heavy atom. The molecule has 1 amide bonds. The summed E-state index contributed by atoms with van der Waals surface area (Å²) < 4.78 is 27.3. The highest BCUT2D eigenvalue weighted by atomic mass is 32.2. The van der Waals surface area contributed by atoms with Crippen LogP contribution < -0.4 is 4.31 Å². The standard InChI is InChI=1S/C21H19NO3S/c1-2-17-13-15-19(16-14-17)22(21(23)18-9-5-3-6-10-18)26(24,25)20-11-7-4-8-12-20/h3-16H,2H2,1H3. The van der Waals surface area contributed by atoms with E-state index < -0.39 is 15.9 Å². The Bertz CT molecular complexity index is 982. The number of nitrogens with zero attached hydrogens (tertiary/aromatic N) is 1. The molecule has 0 aromatic heterocycles. The van der Waals surface area contributed by atoms with Crippen LogP contribution in [0.25, 0.3) is 0 Å². The van der Waals surface area contributed by atoms with E-state index in [2.05, 4.69) is 0 Å². The molecule has 3 rings (SSSR count). The Kier molecular flexibility index (Phi) is 5.19. The second-order valence-corrected chi connectivity index (χ2v) is 7.56. The van der Waals surface area contributed by atoms with E-state index in [1.165, 1.54) is 12.1 Å². The van der Waals surface area contributed by atoms with E-state index in [1.807, 2.05) is 19.1 Å². The molecule has 0 saturated heterocycles. The molecule has 0 aliphatic heterocycles. The lowest BCUT2D eigenvalue weighted by atomic mass is 10.1. The van der Waals surface area contributed by atoms with Crippen LogP contribution in [0, 0.1) is 0 Å². The second kappa shape index (κ2) is 7.54. The van der Waals surface area contributed by atoms with Crippen molar-refractivity contribution in [3.05, 3.63) is 96.1 Å². The van der Waals surface area contributed by atoms with Crippen molar-refractivity contribution in [1.82, 2.24) is 0 Å². The number of hydrogen-bond acceptors (Lipinski definition) is 3. The fourth-order valence-corrected chi connectivity index (χ4v) is 4.06. The lowest BCUT2D eigenvalue weighted by Gasteiger charge is -2.23. The average Bonchev–Trinajstić information content (AvgIpc) is 2.70. The van der Waals surface area contributed by atoms with Crippen molar-refractivity contribution >= 4 is 21.6 Å². The summed E-state index contributed by atoms with van der Waals surface area (Å²) >= 11 is 0. The minimum atomic E-state index is -4.04. The third kappa shape index (κ3) is 3.53. The molecular weight excluding hydrogens is 346 g/mol. The van der Waals surface area contributed by atoms with Gasteiger partial charge in [-0.2, -0.15) is 4.31 Å². The fraction of sp³-hybridized carbons (Fsp3) is 0.0952. The van der Waals surface area contributed by atoms with E-state index in [-0.39, 0.29) is 4.90 Å². The van der Waals surface area contributed by atoms with Gasteiger partial charge in [0, 0.05) is 5.56 Å². The van der Waals surface area contributed by atoms with Gasteiger partial charge in [-0.1, -0.05) is 55.5 Å². The third-order valence-corrected chi connectivity index (χ3v) is 5.79. The molecule has 3 aromatic carbocycles. The van der Waals surface area contributed by atoms with Gasteiger partial charge in [0.05, 0.1) is 10.6 Å². The van der Waals surface area contributed by atoms with Gasteiger partial charge in [-0.25, -0.2) is 8.42 Å². The van der Waals surface area contributed by atoms with Gasteiger partial charge in [0.15, 0.2) is 0 Å². The van der Waals surface area contributed by atoms with Gasteiger partial charge >= 0.3 is 0 Å². The van der Waals surface area contributed by atoms with Crippen molar-refractivity contribution in [2.24, 2.45) is 0 Å². The maximum Gasteiger partial charge on any atom is 0.272 e. The molecule has 0 unspecified atom stereocenters. The zero-order valence-corrected chi connectivity index (χ0v) is 15.2. The van der Waals surface area contributed by atoms with Crippen molar-refractivity contribution in [2.45, 2.75) is 18.2 Å². The topological polar surface area (TPSA) is 54.5 Å². The summed E-state index contributed by atoms with van der Waals surface area (Å²) in [6, 6.07) is 23.4. The van der Waals surface area contributed by atoms with Crippen LogP contribution in [-0.4, -0.2) is 14.3 Å². The molecule has 0 spiro atoms. The lowest BCUT2D eigenvalue weighted by molar-refractivity contribution is 0.101. The van der Waals surface area contributed by atoms with Gasteiger partial charge in [0.25, 0.3) is 15.9 Å². The Hall–Kier alpha value is -2.92. The summed E-state index contributed by atoms with van der Waals surface area (Å²) in [5.74, 6) is -0.585. The smallest absolute Gasteiger partial charge is 0.268 e. The minimum absolute atomic E-state index is 0.0730. The Morgan fingerprint density at radius 3 is 1.88 bits per heavy atom. The van der Waals surface area contributed by atoms with Gasteiger partial charge in [0.2, 0.25) is 0 Å². The van der Waals surface area contributed by atoms with E-state index >= 15 is 0 Å². The number of rotatable bonds is 5. The van der Waals surface area contributed by atoms with Crippen molar-refractivity contribution in [2.75, 3.05) is 4.31 Å². The zero-order chi connectivity index (χ0) is 18.6. The summed E-state index contributed by atoms with van der Waals surface area (Å²) in [5, 5.41) is 0. The van der Waals surface area contributed by atoms with Crippen LogP contribution in [0.2, 0.25) is 0 Å². The summed E-state index contributed by atoms with van der Waals surface area (Å²) in [4.78, 5) is 13.1. The monoisotopic (exact) mass is 365 g/mol. The molecule has 0 aliphatic rings. The Labute approximate surface area is 153 Å². The first-order valence-electron chi connectivity index (χ1n) is 8.32. The molecule has 3 aromatic rings. The molecule has 0 aliphatic carbocycles. The molecule has 0 atom stereocenters. The first kappa shape index (κ1) is 17.9. The average molecular weight is 365 g/mol. The van der Waals surface area contributed by atoms with Crippen molar-refractivity contribution in [1.29, 1.82) is 0 Å². The molecule has 5 heteroatoms. The van der Waals surface area contributed by atoms with Crippen LogP contribution in [0.3, 0.4) is 0 Å². The molecular formula is C21H19NO3S. The number of carbonyl (C=O) groups excluding carboxylic acids is 1. The number of hydrogen-bond donors (Lipinski definition) is 0. The normalized spacial score (nSPS) is 11.1. The molecule has 26 heavy (non-hydrogen) atoms. The first-order chi connectivity index (χ1) is 12.5. The van der Waals surface area contributed by atoms with Crippen molar-refractivity contribution < 1.29 is 13.2 Å². The van der Waals surface area contributed by atoms with Crippen LogP contribution in [0.15, 0.2) is 89.8 Å². The molecule has 0 radical (unpaired) electrons. The van der Waals surface area contributed by atoms with Gasteiger partial charge in [-0.05, 0) is 48.4 Å². The maximum absolute atomic E-state index is 13.2. The first-order valence-corrected chi connectivity index (χ1v) is 9.76. The molecule has 0 N–H and O–H groups in total. The van der Waals surface area contributed by atoms with Crippen LogP contribution in [-0.2, 0) is 16.4 Å². The van der Waals surface area contributed by atoms with Crippen LogP contribution in [0.5, 0.6) is 0 Å². The van der Waals surface area contributed by atoms with Crippen molar-refractivity contribution in [3.63, 3.8) is 0 Å². The van der Waals surface area contributed by atoms with Crippen molar-refractivity contribution in [3.8, 4) is 0 Å². The number of amides is 1. The van der Waals surface area contributed by atoms with Crippen LogP contribution in [0.4, 0.5) is 5.69 Å². The number of anilines is 1. The minimum Gasteiger partial charge on any atom is -0.268 e. The molecule has 0 saturated carbocycles. The largest absolute Gasteiger partial charge is 0.272 e. The Balaban J connectivity index is 2.14.